The molecule has 5 nitrogen and oxygen atoms in total. The summed E-state index contributed by atoms with van der Waals surface area (Å²) in [7, 11) is 0. The summed E-state index contributed by atoms with van der Waals surface area (Å²) in [4.78, 5) is 25.8. The highest BCUT2D eigenvalue weighted by molar-refractivity contribution is 6.32. The van der Waals surface area contributed by atoms with Gasteiger partial charge in [0.1, 0.15) is 11.4 Å². The van der Waals surface area contributed by atoms with Gasteiger partial charge in [0, 0.05) is 5.02 Å². The topological polar surface area (TPSA) is 58.6 Å². The molecule has 0 atom stereocenters. The van der Waals surface area contributed by atoms with E-state index in [9.17, 15) is 9.59 Å². The molecule has 0 saturated carbocycles. The van der Waals surface area contributed by atoms with Crippen molar-refractivity contribution < 1.29 is 14.3 Å². The molecule has 0 unspecified atom stereocenters. The summed E-state index contributed by atoms with van der Waals surface area (Å²) >= 11 is 5.93. The fourth-order valence-electron chi connectivity index (χ4n) is 2.41. The minimum absolute atomic E-state index is 0.202. The lowest BCUT2D eigenvalue weighted by Gasteiger charge is -2.11. The number of nitrogens with one attached hydrogen (secondary N) is 1. The molecule has 24 heavy (non-hydrogen) atoms. The number of rotatable bonds is 4. The standard InChI is InChI=1S/C18H15ClN2O3/c1-2-24-15-8-3-5-12(9-15)10-16-17(22)21(18(23)20-16)14-7-4-6-13(19)11-14/h3-11H,2H2,1H3,(H,20,23)/b16-10+. The van der Waals surface area contributed by atoms with Gasteiger partial charge in [-0.3, -0.25) is 4.79 Å². The van der Waals surface area contributed by atoms with E-state index >= 15 is 0 Å². The van der Waals surface area contributed by atoms with Crippen LogP contribution in [0.3, 0.4) is 0 Å². The SMILES string of the molecule is CCOc1cccc(/C=C2/NC(=O)N(c3cccc(Cl)c3)C2=O)c1. The van der Waals surface area contributed by atoms with Crippen LogP contribution in [0.5, 0.6) is 5.75 Å². The van der Waals surface area contributed by atoms with Crippen molar-refractivity contribution in [2.45, 2.75) is 6.92 Å². The second-order valence-corrected chi connectivity index (χ2v) is 5.55. The van der Waals surface area contributed by atoms with Crippen LogP contribution in [0.25, 0.3) is 6.08 Å². The molecule has 2 aromatic carbocycles. The van der Waals surface area contributed by atoms with Crippen molar-refractivity contribution in [2.75, 3.05) is 11.5 Å². The minimum Gasteiger partial charge on any atom is -0.494 e. The smallest absolute Gasteiger partial charge is 0.333 e. The number of anilines is 1. The molecule has 0 spiro atoms. The number of hydrogen-bond acceptors (Lipinski definition) is 3. The highest BCUT2D eigenvalue weighted by Crippen LogP contribution is 2.25. The van der Waals surface area contributed by atoms with Gasteiger partial charge in [-0.25, -0.2) is 9.69 Å². The number of hydrogen-bond donors (Lipinski definition) is 1. The van der Waals surface area contributed by atoms with E-state index < -0.39 is 11.9 Å². The van der Waals surface area contributed by atoms with Crippen molar-refractivity contribution in [3.05, 3.63) is 64.8 Å². The molecule has 6 heteroatoms. The minimum atomic E-state index is -0.505. The predicted molar refractivity (Wildman–Crippen MR) is 93.1 cm³/mol. The van der Waals surface area contributed by atoms with Crippen LogP contribution in [0.4, 0.5) is 10.5 Å². The summed E-state index contributed by atoms with van der Waals surface area (Å²) in [5, 5.41) is 3.04. The van der Waals surface area contributed by atoms with Crippen LogP contribution in [-0.4, -0.2) is 18.5 Å². The Kier molecular flexibility index (Phi) is 4.53. The van der Waals surface area contributed by atoms with E-state index in [-0.39, 0.29) is 5.70 Å². The molecular formula is C18H15ClN2O3. The van der Waals surface area contributed by atoms with Crippen molar-refractivity contribution in [3.63, 3.8) is 0 Å². The zero-order chi connectivity index (χ0) is 17.1. The Bertz CT molecular complexity index is 833. The van der Waals surface area contributed by atoms with Gasteiger partial charge in [0.2, 0.25) is 0 Å². The molecule has 122 valence electrons. The Morgan fingerprint density at radius 2 is 1.96 bits per heavy atom. The van der Waals surface area contributed by atoms with Gasteiger partial charge in [-0.15, -0.1) is 0 Å². The summed E-state index contributed by atoms with van der Waals surface area (Å²) in [5.41, 5.74) is 1.39. The van der Waals surface area contributed by atoms with Gasteiger partial charge < -0.3 is 10.1 Å². The Morgan fingerprint density at radius 1 is 1.17 bits per heavy atom. The summed E-state index contributed by atoms with van der Waals surface area (Å²) in [6.45, 7) is 2.45. The van der Waals surface area contributed by atoms with E-state index in [0.717, 1.165) is 10.5 Å². The molecule has 3 rings (SSSR count). The molecule has 1 heterocycles. The first-order valence-corrected chi connectivity index (χ1v) is 7.82. The van der Waals surface area contributed by atoms with Crippen LogP contribution < -0.4 is 15.0 Å². The Labute approximate surface area is 144 Å². The fraction of sp³-hybridized carbons (Fsp3) is 0.111. The monoisotopic (exact) mass is 342 g/mol. The number of halogens is 1. The third-order valence-electron chi connectivity index (χ3n) is 3.42. The molecule has 3 amide bonds. The number of ether oxygens (including phenoxy) is 1. The van der Waals surface area contributed by atoms with Gasteiger partial charge in [0.15, 0.2) is 0 Å². The first kappa shape index (κ1) is 16.1. The van der Waals surface area contributed by atoms with Crippen LogP contribution in [-0.2, 0) is 4.79 Å². The van der Waals surface area contributed by atoms with E-state index in [0.29, 0.717) is 23.1 Å². The van der Waals surface area contributed by atoms with E-state index in [4.69, 9.17) is 16.3 Å². The van der Waals surface area contributed by atoms with Crippen LogP contribution in [0.2, 0.25) is 5.02 Å². The summed E-state index contributed by atoms with van der Waals surface area (Å²) in [6, 6.07) is 13.4. The van der Waals surface area contributed by atoms with Crippen LogP contribution >= 0.6 is 11.6 Å². The maximum atomic E-state index is 12.5. The van der Waals surface area contributed by atoms with Gasteiger partial charge in [-0.2, -0.15) is 0 Å². The van der Waals surface area contributed by atoms with Crippen LogP contribution in [0.1, 0.15) is 12.5 Å². The van der Waals surface area contributed by atoms with Gasteiger partial charge in [0.05, 0.1) is 12.3 Å². The number of imide groups is 1. The molecule has 1 aliphatic rings. The number of urea groups is 1. The van der Waals surface area contributed by atoms with Crippen molar-refractivity contribution in [2.24, 2.45) is 0 Å². The lowest BCUT2D eigenvalue weighted by atomic mass is 10.2. The molecule has 0 aliphatic carbocycles. The fourth-order valence-corrected chi connectivity index (χ4v) is 2.60. The molecular weight excluding hydrogens is 328 g/mol. The molecule has 1 fully saturated rings. The maximum absolute atomic E-state index is 12.5. The third kappa shape index (κ3) is 3.26. The highest BCUT2D eigenvalue weighted by Gasteiger charge is 2.34. The van der Waals surface area contributed by atoms with Gasteiger partial charge in [0.25, 0.3) is 5.91 Å². The Morgan fingerprint density at radius 3 is 2.71 bits per heavy atom. The van der Waals surface area contributed by atoms with Crippen molar-refractivity contribution in [3.8, 4) is 5.75 Å². The second kappa shape index (κ2) is 6.76. The van der Waals surface area contributed by atoms with Gasteiger partial charge in [-0.05, 0) is 48.9 Å². The molecule has 0 bridgehead atoms. The largest absolute Gasteiger partial charge is 0.494 e. The first-order valence-electron chi connectivity index (χ1n) is 7.44. The molecule has 2 aromatic rings. The van der Waals surface area contributed by atoms with E-state index in [1.807, 2.05) is 25.1 Å². The summed E-state index contributed by atoms with van der Waals surface area (Å²) < 4.78 is 5.44. The molecule has 1 saturated heterocycles. The molecule has 1 aliphatic heterocycles. The van der Waals surface area contributed by atoms with E-state index in [1.165, 1.54) is 0 Å². The lowest BCUT2D eigenvalue weighted by Crippen LogP contribution is -2.30. The van der Waals surface area contributed by atoms with Crippen molar-refractivity contribution >= 4 is 35.3 Å². The van der Waals surface area contributed by atoms with E-state index in [2.05, 4.69) is 5.32 Å². The van der Waals surface area contributed by atoms with Crippen LogP contribution in [0, 0.1) is 0 Å². The maximum Gasteiger partial charge on any atom is 0.333 e. The number of carbonyl (C=O) groups excluding carboxylic acids is 2. The number of carbonyl (C=O) groups is 2. The quantitative estimate of drug-likeness (QED) is 0.678. The normalized spacial score (nSPS) is 15.8. The number of benzene rings is 2. The average Bonchev–Trinajstić information content (AvgIpc) is 2.82. The van der Waals surface area contributed by atoms with Crippen molar-refractivity contribution in [1.82, 2.24) is 5.32 Å². The van der Waals surface area contributed by atoms with Crippen molar-refractivity contribution in [1.29, 1.82) is 0 Å². The van der Waals surface area contributed by atoms with Gasteiger partial charge in [-0.1, -0.05) is 29.8 Å². The predicted octanol–water partition coefficient (Wildman–Crippen LogP) is 3.84. The Hall–Kier alpha value is -2.79. The zero-order valence-electron chi connectivity index (χ0n) is 13.0. The molecule has 0 radical (unpaired) electrons. The Balaban J connectivity index is 1.90. The number of amides is 3. The summed E-state index contributed by atoms with van der Waals surface area (Å²) in [5.74, 6) is 0.277. The lowest BCUT2D eigenvalue weighted by molar-refractivity contribution is -0.113. The molecule has 1 N–H and O–H groups in total. The third-order valence-corrected chi connectivity index (χ3v) is 3.66. The highest BCUT2D eigenvalue weighted by atomic mass is 35.5. The number of nitrogens with zero attached hydrogens (tertiary/aromatic N) is 1. The van der Waals surface area contributed by atoms with Gasteiger partial charge >= 0.3 is 6.03 Å². The second-order valence-electron chi connectivity index (χ2n) is 5.11. The summed E-state index contributed by atoms with van der Waals surface area (Å²) in [6.07, 6.45) is 1.62. The molecule has 0 aromatic heterocycles. The van der Waals surface area contributed by atoms with E-state index in [1.54, 1.807) is 36.4 Å². The van der Waals surface area contributed by atoms with Crippen LogP contribution in [0.15, 0.2) is 54.2 Å². The zero-order valence-corrected chi connectivity index (χ0v) is 13.7. The first-order chi connectivity index (χ1) is 11.6. The average molecular weight is 343 g/mol.